The van der Waals surface area contributed by atoms with Crippen LogP contribution in [0.3, 0.4) is 0 Å². The first-order chi connectivity index (χ1) is 7.54. The molecule has 3 atom stereocenters. The van der Waals surface area contributed by atoms with Crippen molar-refractivity contribution in [3.8, 4) is 0 Å². The van der Waals surface area contributed by atoms with E-state index >= 15 is 0 Å². The Labute approximate surface area is 100 Å². The fourth-order valence-electron chi connectivity index (χ4n) is 2.49. The van der Waals surface area contributed by atoms with Crippen molar-refractivity contribution >= 4 is 0 Å². The predicted octanol–water partition coefficient (Wildman–Crippen LogP) is 1.47. The number of likely N-dealkylation sites (tertiary alicyclic amines) is 1. The highest BCUT2D eigenvalue weighted by atomic mass is 16.2. The van der Waals surface area contributed by atoms with Crippen LogP contribution in [0, 0.1) is 5.92 Å². The third-order valence-electron chi connectivity index (χ3n) is 3.66. The van der Waals surface area contributed by atoms with Crippen LogP contribution >= 0.6 is 0 Å². The lowest BCUT2D eigenvalue weighted by atomic mass is 10.0. The highest BCUT2D eigenvalue weighted by Crippen LogP contribution is 2.19. The number of aliphatic hydroxyl groups excluding tert-OH is 1. The van der Waals surface area contributed by atoms with Crippen LogP contribution in [0.2, 0.25) is 0 Å². The molecule has 0 saturated carbocycles. The van der Waals surface area contributed by atoms with Crippen molar-refractivity contribution in [2.24, 2.45) is 5.92 Å². The monoisotopic (exact) mass is 228 g/mol. The van der Waals surface area contributed by atoms with E-state index in [1.54, 1.807) is 0 Å². The lowest BCUT2D eigenvalue weighted by Crippen LogP contribution is -2.41. The summed E-state index contributed by atoms with van der Waals surface area (Å²) in [6.07, 6.45) is 1.98. The molecular weight excluding hydrogens is 200 g/mol. The molecule has 0 aromatic rings. The number of rotatable bonds is 6. The fourth-order valence-corrected chi connectivity index (χ4v) is 2.49. The van der Waals surface area contributed by atoms with E-state index in [1.165, 1.54) is 13.1 Å². The summed E-state index contributed by atoms with van der Waals surface area (Å²) >= 11 is 0. The maximum Gasteiger partial charge on any atom is 0.0431 e. The van der Waals surface area contributed by atoms with E-state index in [4.69, 9.17) is 5.11 Å². The number of hydrogen-bond acceptors (Lipinski definition) is 3. The van der Waals surface area contributed by atoms with Crippen molar-refractivity contribution in [1.29, 1.82) is 0 Å². The SMILES string of the molecule is CC(CCCO)NC1CN(C(C)C)CC1C. The van der Waals surface area contributed by atoms with Crippen LogP contribution in [0.25, 0.3) is 0 Å². The van der Waals surface area contributed by atoms with Gasteiger partial charge >= 0.3 is 0 Å². The summed E-state index contributed by atoms with van der Waals surface area (Å²) in [5, 5.41) is 12.5. The summed E-state index contributed by atoms with van der Waals surface area (Å²) < 4.78 is 0. The molecule has 1 rings (SSSR count). The van der Waals surface area contributed by atoms with Crippen LogP contribution in [0.1, 0.15) is 40.5 Å². The Morgan fingerprint density at radius 3 is 2.50 bits per heavy atom. The van der Waals surface area contributed by atoms with Gasteiger partial charge in [-0.3, -0.25) is 4.90 Å². The molecule has 0 amide bonds. The van der Waals surface area contributed by atoms with Crippen molar-refractivity contribution in [2.75, 3.05) is 19.7 Å². The molecule has 3 heteroatoms. The molecule has 1 heterocycles. The van der Waals surface area contributed by atoms with E-state index in [2.05, 4.69) is 37.9 Å². The average Bonchev–Trinajstić information content (AvgIpc) is 2.57. The van der Waals surface area contributed by atoms with Crippen molar-refractivity contribution in [1.82, 2.24) is 10.2 Å². The van der Waals surface area contributed by atoms with Crippen LogP contribution in [0.15, 0.2) is 0 Å². The predicted molar refractivity (Wildman–Crippen MR) is 68.6 cm³/mol. The first-order valence-corrected chi connectivity index (χ1v) is 6.65. The summed E-state index contributed by atoms with van der Waals surface area (Å²) in [5.74, 6) is 0.735. The Bertz CT molecular complexity index is 196. The number of aliphatic hydroxyl groups is 1. The van der Waals surface area contributed by atoms with Gasteiger partial charge in [0.25, 0.3) is 0 Å². The maximum absolute atomic E-state index is 8.81. The average molecular weight is 228 g/mol. The molecule has 0 bridgehead atoms. The molecule has 3 unspecified atom stereocenters. The molecular formula is C13H28N2O. The standard InChI is InChI=1S/C13H28N2O/c1-10(2)15-8-11(3)13(9-15)14-12(4)6-5-7-16/h10-14,16H,5-9H2,1-4H3. The first-order valence-electron chi connectivity index (χ1n) is 6.65. The number of nitrogens with one attached hydrogen (secondary N) is 1. The highest BCUT2D eigenvalue weighted by Gasteiger charge is 2.31. The van der Waals surface area contributed by atoms with Gasteiger partial charge in [0.1, 0.15) is 0 Å². The Kier molecular flexibility index (Phi) is 5.73. The Morgan fingerprint density at radius 2 is 2.00 bits per heavy atom. The lowest BCUT2D eigenvalue weighted by molar-refractivity contribution is 0.258. The normalized spacial score (nSPS) is 28.9. The van der Waals surface area contributed by atoms with Gasteiger partial charge in [-0.05, 0) is 39.5 Å². The van der Waals surface area contributed by atoms with Gasteiger partial charge < -0.3 is 10.4 Å². The fraction of sp³-hybridized carbons (Fsp3) is 1.00. The van der Waals surface area contributed by atoms with Gasteiger partial charge in [0.15, 0.2) is 0 Å². The van der Waals surface area contributed by atoms with Crippen LogP contribution in [-0.2, 0) is 0 Å². The van der Waals surface area contributed by atoms with E-state index in [0.29, 0.717) is 24.7 Å². The van der Waals surface area contributed by atoms with E-state index in [9.17, 15) is 0 Å². The van der Waals surface area contributed by atoms with Crippen LogP contribution in [-0.4, -0.2) is 47.8 Å². The minimum atomic E-state index is 0.310. The molecule has 0 aromatic carbocycles. The van der Waals surface area contributed by atoms with E-state index < -0.39 is 0 Å². The minimum Gasteiger partial charge on any atom is -0.396 e. The topological polar surface area (TPSA) is 35.5 Å². The second kappa shape index (κ2) is 6.58. The third-order valence-corrected chi connectivity index (χ3v) is 3.66. The Morgan fingerprint density at radius 1 is 1.31 bits per heavy atom. The smallest absolute Gasteiger partial charge is 0.0431 e. The maximum atomic E-state index is 8.81. The molecule has 0 radical (unpaired) electrons. The molecule has 1 fully saturated rings. The second-order valence-corrected chi connectivity index (χ2v) is 5.56. The zero-order valence-electron chi connectivity index (χ0n) is 11.2. The van der Waals surface area contributed by atoms with Crippen molar-refractivity contribution in [3.05, 3.63) is 0 Å². The van der Waals surface area contributed by atoms with Gasteiger partial charge in [0.05, 0.1) is 0 Å². The molecule has 1 aliphatic heterocycles. The second-order valence-electron chi connectivity index (χ2n) is 5.56. The first kappa shape index (κ1) is 13.9. The molecule has 0 aromatic heterocycles. The zero-order chi connectivity index (χ0) is 12.1. The quantitative estimate of drug-likeness (QED) is 0.722. The largest absolute Gasteiger partial charge is 0.396 e. The molecule has 3 nitrogen and oxygen atoms in total. The summed E-state index contributed by atoms with van der Waals surface area (Å²) in [6, 6.07) is 1.80. The van der Waals surface area contributed by atoms with Crippen molar-refractivity contribution < 1.29 is 5.11 Å². The van der Waals surface area contributed by atoms with Crippen LogP contribution in [0.4, 0.5) is 0 Å². The summed E-state index contributed by atoms with van der Waals surface area (Å²) in [4.78, 5) is 2.54. The molecule has 96 valence electrons. The Balaban J connectivity index is 2.32. The van der Waals surface area contributed by atoms with Crippen molar-refractivity contribution in [2.45, 2.75) is 58.7 Å². The summed E-state index contributed by atoms with van der Waals surface area (Å²) in [6.45, 7) is 11.8. The molecule has 16 heavy (non-hydrogen) atoms. The Hall–Kier alpha value is -0.120. The van der Waals surface area contributed by atoms with Gasteiger partial charge in [-0.1, -0.05) is 6.92 Å². The lowest BCUT2D eigenvalue weighted by Gasteiger charge is -2.23. The molecule has 1 aliphatic rings. The number of hydrogen-bond donors (Lipinski definition) is 2. The van der Waals surface area contributed by atoms with Gasteiger partial charge in [0.2, 0.25) is 0 Å². The summed E-state index contributed by atoms with van der Waals surface area (Å²) in [5.41, 5.74) is 0. The van der Waals surface area contributed by atoms with Gasteiger partial charge in [-0.25, -0.2) is 0 Å². The molecule has 1 saturated heterocycles. The van der Waals surface area contributed by atoms with Crippen molar-refractivity contribution in [3.63, 3.8) is 0 Å². The molecule has 2 N–H and O–H groups in total. The van der Waals surface area contributed by atoms with Gasteiger partial charge in [0, 0.05) is 37.8 Å². The molecule has 0 spiro atoms. The van der Waals surface area contributed by atoms with E-state index in [0.717, 1.165) is 18.8 Å². The minimum absolute atomic E-state index is 0.310. The van der Waals surface area contributed by atoms with E-state index in [1.807, 2.05) is 0 Å². The zero-order valence-corrected chi connectivity index (χ0v) is 11.2. The van der Waals surface area contributed by atoms with Crippen LogP contribution < -0.4 is 5.32 Å². The summed E-state index contributed by atoms with van der Waals surface area (Å²) in [7, 11) is 0. The highest BCUT2D eigenvalue weighted by molar-refractivity contribution is 4.89. The van der Waals surface area contributed by atoms with Crippen LogP contribution in [0.5, 0.6) is 0 Å². The third kappa shape index (κ3) is 4.04. The number of nitrogens with zero attached hydrogens (tertiary/aromatic N) is 1. The van der Waals surface area contributed by atoms with E-state index in [-0.39, 0.29) is 0 Å². The van der Waals surface area contributed by atoms with Gasteiger partial charge in [-0.2, -0.15) is 0 Å². The van der Waals surface area contributed by atoms with Gasteiger partial charge in [-0.15, -0.1) is 0 Å². The molecule has 0 aliphatic carbocycles.